The molecule has 1 saturated carbocycles. The first-order chi connectivity index (χ1) is 9.09. The minimum absolute atomic E-state index is 0.0475. The van der Waals surface area contributed by atoms with Gasteiger partial charge in [0.25, 0.3) is 0 Å². The molecule has 0 amide bonds. The van der Waals surface area contributed by atoms with Crippen molar-refractivity contribution >= 4 is 17.1 Å². The zero-order chi connectivity index (χ0) is 13.6. The number of aromatic nitrogens is 2. The lowest BCUT2D eigenvalue weighted by atomic mass is 9.72. The Morgan fingerprint density at radius 3 is 2.47 bits per heavy atom. The predicted molar refractivity (Wildman–Crippen MR) is 71.8 cm³/mol. The van der Waals surface area contributed by atoms with Gasteiger partial charge in [-0.1, -0.05) is 6.07 Å². The van der Waals surface area contributed by atoms with Gasteiger partial charge in [-0.15, -0.1) is 0 Å². The Kier molecular flexibility index (Phi) is 2.47. The minimum Gasteiger partial charge on any atom is -0.295 e. The van der Waals surface area contributed by atoms with Crippen molar-refractivity contribution in [2.75, 3.05) is 0 Å². The number of rotatable bonds is 2. The largest absolute Gasteiger partial charge is 0.328 e. The molecule has 1 aromatic carbocycles. The van der Waals surface area contributed by atoms with Crippen molar-refractivity contribution in [2.45, 2.75) is 24.8 Å². The molecule has 1 fully saturated rings. The third-order valence-electron chi connectivity index (χ3n) is 4.25. The maximum Gasteiger partial charge on any atom is 0.328 e. The molecule has 3 rings (SSSR count). The van der Waals surface area contributed by atoms with Crippen LogP contribution in [0.25, 0.3) is 11.0 Å². The molecule has 1 aliphatic carbocycles. The van der Waals surface area contributed by atoms with Crippen LogP contribution < -0.4 is 5.69 Å². The van der Waals surface area contributed by atoms with E-state index in [0.717, 1.165) is 35.9 Å². The molecule has 1 aromatic heterocycles. The van der Waals surface area contributed by atoms with Gasteiger partial charge < -0.3 is 0 Å². The number of hydrogen-bond donors (Lipinski definition) is 0. The fraction of sp³-hybridized carbons (Fsp3) is 0.429. The summed E-state index contributed by atoms with van der Waals surface area (Å²) in [6.07, 6.45) is 4.50. The van der Waals surface area contributed by atoms with Crippen LogP contribution in [0.1, 0.15) is 24.8 Å². The number of hydrogen-bond acceptors (Lipinski definition) is 3. The van der Waals surface area contributed by atoms with E-state index < -0.39 is 5.54 Å². The summed E-state index contributed by atoms with van der Waals surface area (Å²) in [7, 11) is 3.51. The van der Waals surface area contributed by atoms with Gasteiger partial charge in [-0.2, -0.15) is 4.99 Å². The highest BCUT2D eigenvalue weighted by molar-refractivity contribution is 5.77. The van der Waals surface area contributed by atoms with Crippen LogP contribution in [0, 0.1) is 0 Å². The van der Waals surface area contributed by atoms with Crippen molar-refractivity contribution in [3.63, 3.8) is 0 Å². The maximum atomic E-state index is 11.9. The summed E-state index contributed by atoms with van der Waals surface area (Å²) in [6, 6.07) is 5.85. The van der Waals surface area contributed by atoms with E-state index in [1.54, 1.807) is 29.3 Å². The van der Waals surface area contributed by atoms with E-state index in [4.69, 9.17) is 0 Å². The highest BCUT2D eigenvalue weighted by Gasteiger charge is 2.39. The topological polar surface area (TPSA) is 56.4 Å². The van der Waals surface area contributed by atoms with Gasteiger partial charge in [-0.3, -0.25) is 9.13 Å². The summed E-state index contributed by atoms with van der Waals surface area (Å²) >= 11 is 0. The van der Waals surface area contributed by atoms with Crippen molar-refractivity contribution in [2.24, 2.45) is 19.1 Å². The number of benzene rings is 1. The molecule has 0 bridgehead atoms. The highest BCUT2D eigenvalue weighted by Crippen LogP contribution is 2.45. The lowest BCUT2D eigenvalue weighted by molar-refractivity contribution is 0.256. The van der Waals surface area contributed by atoms with Gasteiger partial charge in [-0.25, -0.2) is 9.59 Å². The number of aryl methyl sites for hydroxylation is 2. The van der Waals surface area contributed by atoms with E-state index >= 15 is 0 Å². The molecule has 0 spiro atoms. The summed E-state index contributed by atoms with van der Waals surface area (Å²) in [5.41, 5.74) is 2.30. The predicted octanol–water partition coefficient (Wildman–Crippen LogP) is 1.59. The van der Waals surface area contributed by atoms with Gasteiger partial charge in [0.2, 0.25) is 6.08 Å². The van der Waals surface area contributed by atoms with Gasteiger partial charge >= 0.3 is 5.69 Å². The normalized spacial score (nSPS) is 16.9. The smallest absolute Gasteiger partial charge is 0.295 e. The Labute approximate surface area is 110 Å². The van der Waals surface area contributed by atoms with E-state index in [0.29, 0.717) is 0 Å². The number of isocyanates is 1. The molecule has 0 radical (unpaired) electrons. The standard InChI is InChI=1S/C14H15N3O2/c1-16-11-5-4-10(8-12(11)17(2)13(16)19)14(15-9-18)6-3-7-14/h4-5,8H,3,6-7H2,1-2H3. The number of aliphatic imine (C=N–C) groups is 1. The quantitative estimate of drug-likeness (QED) is 0.606. The molecule has 0 N–H and O–H groups in total. The van der Waals surface area contributed by atoms with Crippen LogP contribution in [-0.2, 0) is 24.4 Å². The van der Waals surface area contributed by atoms with Crippen molar-refractivity contribution in [1.29, 1.82) is 0 Å². The molecule has 98 valence electrons. The first-order valence-corrected chi connectivity index (χ1v) is 6.34. The third-order valence-corrected chi connectivity index (χ3v) is 4.25. The molecular formula is C14H15N3O2. The number of fused-ring (bicyclic) bond motifs is 1. The van der Waals surface area contributed by atoms with Crippen LogP contribution in [0.15, 0.2) is 28.0 Å². The molecular weight excluding hydrogens is 242 g/mol. The molecule has 1 aliphatic rings. The summed E-state index contributed by atoms with van der Waals surface area (Å²) < 4.78 is 3.24. The van der Waals surface area contributed by atoms with Crippen LogP contribution in [0.4, 0.5) is 0 Å². The Balaban J connectivity index is 2.25. The van der Waals surface area contributed by atoms with Gasteiger partial charge in [0, 0.05) is 14.1 Å². The number of imidazole rings is 1. The maximum absolute atomic E-state index is 11.9. The molecule has 0 aliphatic heterocycles. The molecule has 0 saturated heterocycles. The molecule has 2 aromatic rings. The SMILES string of the molecule is Cn1c(=O)n(C)c2cc(C3(N=C=O)CCC3)ccc21. The molecule has 19 heavy (non-hydrogen) atoms. The Morgan fingerprint density at radius 1 is 1.21 bits per heavy atom. The zero-order valence-corrected chi connectivity index (χ0v) is 11.0. The van der Waals surface area contributed by atoms with E-state index in [1.807, 2.05) is 18.2 Å². The second-order valence-corrected chi connectivity index (χ2v) is 5.19. The first kappa shape index (κ1) is 11.9. The number of nitrogens with zero attached hydrogens (tertiary/aromatic N) is 3. The van der Waals surface area contributed by atoms with Crippen LogP contribution in [0.3, 0.4) is 0 Å². The molecule has 0 unspecified atom stereocenters. The van der Waals surface area contributed by atoms with Gasteiger partial charge in [0.05, 0.1) is 16.6 Å². The Hall–Kier alpha value is -2.13. The van der Waals surface area contributed by atoms with Gasteiger partial charge in [-0.05, 0) is 37.0 Å². The fourth-order valence-corrected chi connectivity index (χ4v) is 2.86. The van der Waals surface area contributed by atoms with E-state index in [1.165, 1.54) is 0 Å². The summed E-state index contributed by atoms with van der Waals surface area (Å²) in [4.78, 5) is 26.5. The van der Waals surface area contributed by atoms with Crippen LogP contribution in [-0.4, -0.2) is 15.2 Å². The summed E-state index contributed by atoms with van der Waals surface area (Å²) in [5.74, 6) is 0. The molecule has 5 nitrogen and oxygen atoms in total. The average Bonchev–Trinajstić information content (AvgIpc) is 2.59. The molecule has 0 atom stereocenters. The molecule has 1 heterocycles. The zero-order valence-electron chi connectivity index (χ0n) is 11.0. The van der Waals surface area contributed by atoms with Gasteiger partial charge in [0.15, 0.2) is 0 Å². The van der Waals surface area contributed by atoms with E-state index in [2.05, 4.69) is 4.99 Å². The summed E-state index contributed by atoms with van der Waals surface area (Å²) in [6.45, 7) is 0. The van der Waals surface area contributed by atoms with E-state index in [-0.39, 0.29) is 5.69 Å². The Morgan fingerprint density at radius 2 is 1.89 bits per heavy atom. The monoisotopic (exact) mass is 257 g/mol. The fourth-order valence-electron chi connectivity index (χ4n) is 2.86. The lowest BCUT2D eigenvalue weighted by Crippen LogP contribution is -2.31. The van der Waals surface area contributed by atoms with Crippen LogP contribution >= 0.6 is 0 Å². The van der Waals surface area contributed by atoms with Gasteiger partial charge in [0.1, 0.15) is 0 Å². The van der Waals surface area contributed by atoms with Crippen molar-refractivity contribution in [1.82, 2.24) is 9.13 Å². The van der Waals surface area contributed by atoms with Crippen molar-refractivity contribution in [3.8, 4) is 0 Å². The summed E-state index contributed by atoms with van der Waals surface area (Å²) in [5, 5.41) is 0. The van der Waals surface area contributed by atoms with Crippen molar-refractivity contribution < 1.29 is 4.79 Å². The highest BCUT2D eigenvalue weighted by atomic mass is 16.1. The molecule has 5 heteroatoms. The average molecular weight is 257 g/mol. The first-order valence-electron chi connectivity index (χ1n) is 6.34. The van der Waals surface area contributed by atoms with Crippen molar-refractivity contribution in [3.05, 3.63) is 34.2 Å². The third kappa shape index (κ3) is 1.52. The van der Waals surface area contributed by atoms with Crippen LogP contribution in [0.5, 0.6) is 0 Å². The number of carbonyl (C=O) groups excluding carboxylic acids is 1. The Bertz CT molecular complexity index is 759. The lowest BCUT2D eigenvalue weighted by Gasteiger charge is -2.37. The minimum atomic E-state index is -0.415. The van der Waals surface area contributed by atoms with E-state index in [9.17, 15) is 9.59 Å². The second kappa shape index (κ2) is 3.93. The second-order valence-electron chi connectivity index (χ2n) is 5.19. The van der Waals surface area contributed by atoms with Crippen LogP contribution in [0.2, 0.25) is 0 Å².